The third kappa shape index (κ3) is 3.90. The molecule has 2 nitrogen and oxygen atoms in total. The Morgan fingerprint density at radius 3 is 2.57 bits per heavy atom. The van der Waals surface area contributed by atoms with Gasteiger partial charge < -0.3 is 4.52 Å². The third-order valence-corrected chi connectivity index (χ3v) is 1.44. The van der Waals surface area contributed by atoms with Crippen molar-refractivity contribution in [2.24, 2.45) is 0 Å². The molecule has 7 heavy (non-hydrogen) atoms. The summed E-state index contributed by atoms with van der Waals surface area (Å²) in [6.07, 6.45) is 0. The Kier molecular flexibility index (Phi) is 4.26. The monoisotopic (exact) mass is 120 g/mol. The molecule has 0 aliphatic carbocycles. The zero-order valence-corrected chi connectivity index (χ0v) is 5.44. The molecule has 0 fully saturated rings. The second-order valence-corrected chi connectivity index (χ2v) is 2.63. The number of carbonyl (C=O) groups excluding carboxylic acids is 1. The molecule has 0 rings (SSSR count). The molecule has 0 bridgehead atoms. The summed E-state index contributed by atoms with van der Waals surface area (Å²) in [7, 11) is -0.759. The topological polar surface area (TPSA) is 26.3 Å². The minimum absolute atomic E-state index is 0.640. The van der Waals surface area contributed by atoms with Crippen molar-refractivity contribution in [1.29, 1.82) is 0 Å². The van der Waals surface area contributed by atoms with Crippen molar-refractivity contribution in [3.05, 3.63) is 0 Å². The first-order valence-corrected chi connectivity index (χ1v) is 3.90. The van der Waals surface area contributed by atoms with Crippen molar-refractivity contribution in [2.45, 2.75) is 6.92 Å². The average Bonchev–Trinajstić information content (AvgIpc) is 1.68. The first kappa shape index (κ1) is 7.06. The minimum atomic E-state index is -0.759. The highest BCUT2D eigenvalue weighted by atomic mass is 31.1. The molecule has 0 heterocycles. The predicted molar refractivity (Wildman–Crippen MR) is 31.2 cm³/mol. The second kappa shape index (κ2) is 4.23. The van der Waals surface area contributed by atoms with E-state index >= 15 is 0 Å². The summed E-state index contributed by atoms with van der Waals surface area (Å²) < 4.78 is 4.89. The molecule has 0 saturated carbocycles. The number of carbonyl (C=O) groups is 1. The van der Waals surface area contributed by atoms with Gasteiger partial charge in [0.05, 0.1) is 8.15 Å². The molecule has 0 aromatic heterocycles. The van der Waals surface area contributed by atoms with Gasteiger partial charge in [0.25, 0.3) is 0 Å². The van der Waals surface area contributed by atoms with Gasteiger partial charge in [0.15, 0.2) is 6.03 Å². The number of rotatable bonds is 3. The molecule has 0 aliphatic heterocycles. The maximum absolute atomic E-state index is 9.80. The van der Waals surface area contributed by atoms with E-state index in [-0.39, 0.29) is 0 Å². The van der Waals surface area contributed by atoms with E-state index in [2.05, 4.69) is 0 Å². The van der Waals surface area contributed by atoms with Crippen LogP contribution >= 0.6 is 8.15 Å². The fourth-order valence-corrected chi connectivity index (χ4v) is 0.702. The first-order valence-electron chi connectivity index (χ1n) is 2.12. The van der Waals surface area contributed by atoms with Crippen LogP contribution in [0.1, 0.15) is 6.92 Å². The normalized spacial score (nSPS) is 13.4. The highest BCUT2D eigenvalue weighted by molar-refractivity contribution is 7.67. The van der Waals surface area contributed by atoms with Gasteiger partial charge in [-0.1, -0.05) is 0 Å². The zero-order valence-electron chi connectivity index (χ0n) is 4.55. The van der Waals surface area contributed by atoms with Crippen LogP contribution in [0, 0.1) is 0 Å². The highest BCUT2D eigenvalue weighted by Crippen LogP contribution is 2.25. The maximum Gasteiger partial charge on any atom is 0.168 e. The summed E-state index contributed by atoms with van der Waals surface area (Å²) in [6, 6.07) is 0.846. The number of hydrogen-bond acceptors (Lipinski definition) is 2. The van der Waals surface area contributed by atoms with Crippen LogP contribution in [0.15, 0.2) is 0 Å². The van der Waals surface area contributed by atoms with Gasteiger partial charge in [0.2, 0.25) is 0 Å². The molecule has 0 amide bonds. The predicted octanol–water partition coefficient (Wildman–Crippen LogP) is 1.24. The van der Waals surface area contributed by atoms with Crippen molar-refractivity contribution in [1.82, 2.24) is 0 Å². The molecular formula is C4H9O2P. The standard InChI is InChI=1S/C4H9O2P/c1-3-6-7(2)4-5/h4H,3H2,1-2H3. The van der Waals surface area contributed by atoms with Gasteiger partial charge in [-0.2, -0.15) is 0 Å². The summed E-state index contributed by atoms with van der Waals surface area (Å²) in [4.78, 5) is 9.80. The van der Waals surface area contributed by atoms with Crippen LogP contribution in [0.2, 0.25) is 0 Å². The molecule has 1 atom stereocenters. The molecule has 0 aromatic carbocycles. The second-order valence-electron chi connectivity index (χ2n) is 1.07. The SMILES string of the molecule is CCOP(C)C=O. The Morgan fingerprint density at radius 2 is 2.43 bits per heavy atom. The van der Waals surface area contributed by atoms with Crippen LogP contribution in [0.4, 0.5) is 0 Å². The lowest BCUT2D eigenvalue weighted by molar-refractivity contribution is 0.385. The summed E-state index contributed by atoms with van der Waals surface area (Å²) in [5.41, 5.74) is 0. The Labute approximate surface area is 44.7 Å². The van der Waals surface area contributed by atoms with Gasteiger partial charge in [-0.3, -0.25) is 4.79 Å². The summed E-state index contributed by atoms with van der Waals surface area (Å²) in [5, 5.41) is 0. The van der Waals surface area contributed by atoms with Crippen molar-refractivity contribution < 1.29 is 9.32 Å². The van der Waals surface area contributed by atoms with E-state index in [0.29, 0.717) is 6.61 Å². The van der Waals surface area contributed by atoms with Crippen molar-refractivity contribution in [3.63, 3.8) is 0 Å². The Hall–Kier alpha value is 0.0600. The van der Waals surface area contributed by atoms with Crippen molar-refractivity contribution in [2.75, 3.05) is 13.3 Å². The van der Waals surface area contributed by atoms with E-state index < -0.39 is 8.15 Å². The van der Waals surface area contributed by atoms with Crippen LogP contribution < -0.4 is 0 Å². The molecule has 0 saturated heterocycles. The van der Waals surface area contributed by atoms with Gasteiger partial charge >= 0.3 is 0 Å². The van der Waals surface area contributed by atoms with E-state index in [0.717, 1.165) is 6.03 Å². The van der Waals surface area contributed by atoms with Gasteiger partial charge in [-0.15, -0.1) is 0 Å². The summed E-state index contributed by atoms with van der Waals surface area (Å²) in [6.45, 7) is 4.30. The van der Waals surface area contributed by atoms with E-state index in [1.54, 1.807) is 6.66 Å². The Morgan fingerprint density at radius 1 is 1.86 bits per heavy atom. The van der Waals surface area contributed by atoms with E-state index in [1.165, 1.54) is 0 Å². The van der Waals surface area contributed by atoms with E-state index in [9.17, 15) is 4.79 Å². The fourth-order valence-electron chi connectivity index (χ4n) is 0.234. The van der Waals surface area contributed by atoms with Gasteiger partial charge in [0, 0.05) is 6.61 Å². The fraction of sp³-hybridized carbons (Fsp3) is 0.750. The molecule has 1 unspecified atom stereocenters. The molecule has 0 aliphatic rings. The highest BCUT2D eigenvalue weighted by Gasteiger charge is 1.92. The third-order valence-electron chi connectivity index (χ3n) is 0.481. The van der Waals surface area contributed by atoms with Crippen LogP contribution in [-0.4, -0.2) is 19.3 Å². The van der Waals surface area contributed by atoms with Gasteiger partial charge in [0.1, 0.15) is 0 Å². The molecule has 42 valence electrons. The molecule has 0 aromatic rings. The van der Waals surface area contributed by atoms with Crippen LogP contribution in [0.5, 0.6) is 0 Å². The Bertz CT molecular complexity index is 55.7. The lowest BCUT2D eigenvalue weighted by Gasteiger charge is -1.98. The lowest BCUT2D eigenvalue weighted by atomic mass is 10.9. The van der Waals surface area contributed by atoms with Crippen LogP contribution in [0.3, 0.4) is 0 Å². The number of hydrogen-bond donors (Lipinski definition) is 0. The van der Waals surface area contributed by atoms with Crippen molar-refractivity contribution >= 4 is 14.2 Å². The quantitative estimate of drug-likeness (QED) is 0.413. The maximum atomic E-state index is 9.80. The average molecular weight is 120 g/mol. The Balaban J connectivity index is 2.98. The molecule has 0 N–H and O–H groups in total. The molecule has 3 heteroatoms. The molecular weight excluding hydrogens is 111 g/mol. The molecule has 0 spiro atoms. The minimum Gasteiger partial charge on any atom is -0.352 e. The van der Waals surface area contributed by atoms with Crippen LogP contribution in [0.25, 0.3) is 0 Å². The smallest absolute Gasteiger partial charge is 0.168 e. The summed E-state index contributed by atoms with van der Waals surface area (Å²) >= 11 is 0. The van der Waals surface area contributed by atoms with Crippen LogP contribution in [-0.2, 0) is 9.32 Å². The lowest BCUT2D eigenvalue weighted by Crippen LogP contribution is -1.80. The van der Waals surface area contributed by atoms with E-state index in [1.807, 2.05) is 6.92 Å². The molecule has 0 radical (unpaired) electrons. The summed E-state index contributed by atoms with van der Waals surface area (Å²) in [5.74, 6) is 0. The van der Waals surface area contributed by atoms with Crippen molar-refractivity contribution in [3.8, 4) is 0 Å². The van der Waals surface area contributed by atoms with E-state index in [4.69, 9.17) is 4.52 Å². The largest absolute Gasteiger partial charge is 0.352 e. The zero-order chi connectivity index (χ0) is 5.70. The first-order chi connectivity index (χ1) is 3.31. The van der Waals surface area contributed by atoms with Gasteiger partial charge in [-0.05, 0) is 13.6 Å². The van der Waals surface area contributed by atoms with Gasteiger partial charge in [-0.25, -0.2) is 0 Å².